The minimum atomic E-state index is 0.144. The lowest BCUT2D eigenvalue weighted by Crippen LogP contribution is -2.29. The van der Waals surface area contributed by atoms with Gasteiger partial charge in [0.05, 0.1) is 0 Å². The fourth-order valence-corrected chi connectivity index (χ4v) is 1.25. The molecule has 0 fully saturated rings. The number of unbranched alkanes of at least 4 members (excludes halogenated alkanes) is 1. The maximum absolute atomic E-state index is 11.2. The molecule has 0 heterocycles. The van der Waals surface area contributed by atoms with Crippen LogP contribution in [0.1, 0.15) is 26.2 Å². The van der Waals surface area contributed by atoms with E-state index in [0.29, 0.717) is 17.6 Å². The highest BCUT2D eigenvalue weighted by atomic mass is 35.5. The molecule has 0 radical (unpaired) electrons. The first-order valence-corrected chi connectivity index (χ1v) is 6.38. The summed E-state index contributed by atoms with van der Waals surface area (Å²) < 4.78 is 0. The zero-order valence-electron chi connectivity index (χ0n) is 8.31. The van der Waals surface area contributed by atoms with Gasteiger partial charge in [0.1, 0.15) is 0 Å². The first-order valence-electron chi connectivity index (χ1n) is 4.56. The molecule has 0 aromatic carbocycles. The number of rotatable bonds is 7. The third-order valence-corrected chi connectivity index (χ3v) is 3.02. The van der Waals surface area contributed by atoms with Crippen molar-refractivity contribution in [3.05, 3.63) is 0 Å². The molecule has 0 spiro atoms. The van der Waals surface area contributed by atoms with Crippen LogP contribution in [-0.2, 0) is 4.79 Å². The van der Waals surface area contributed by atoms with Gasteiger partial charge in [0.2, 0.25) is 5.91 Å². The highest BCUT2D eigenvalue weighted by molar-refractivity contribution is 7.99. The molecular weight excluding hydrogens is 206 g/mol. The third-order valence-electron chi connectivity index (χ3n) is 1.78. The molecule has 1 atom stereocenters. The van der Waals surface area contributed by atoms with E-state index in [2.05, 4.69) is 12.2 Å². The van der Waals surface area contributed by atoms with E-state index in [1.807, 2.05) is 6.26 Å². The number of thioether (sulfide) groups is 1. The predicted octanol–water partition coefficient (Wildman–Crippen LogP) is 2.26. The summed E-state index contributed by atoms with van der Waals surface area (Å²) in [4.78, 5) is 11.2. The van der Waals surface area contributed by atoms with Crippen molar-refractivity contribution < 1.29 is 4.79 Å². The number of nitrogens with one attached hydrogen (secondary N) is 1. The molecule has 0 aliphatic carbocycles. The number of hydrogen-bond donors (Lipinski definition) is 1. The maximum atomic E-state index is 11.2. The molecule has 0 aliphatic rings. The van der Waals surface area contributed by atoms with Crippen LogP contribution in [-0.4, -0.2) is 29.8 Å². The monoisotopic (exact) mass is 223 g/mol. The number of carbonyl (C=O) groups excluding carboxylic acids is 1. The quantitative estimate of drug-likeness (QED) is 0.530. The lowest BCUT2D eigenvalue weighted by Gasteiger charge is -2.09. The van der Waals surface area contributed by atoms with Gasteiger partial charge >= 0.3 is 0 Å². The van der Waals surface area contributed by atoms with Crippen molar-refractivity contribution in [3.8, 4) is 0 Å². The lowest BCUT2D eigenvalue weighted by atomic mass is 10.2. The molecule has 0 saturated heterocycles. The van der Waals surface area contributed by atoms with Crippen molar-refractivity contribution in [2.45, 2.75) is 31.4 Å². The SMILES string of the molecule is CSC(C)CNC(=O)CCCCCl. The average molecular weight is 224 g/mol. The van der Waals surface area contributed by atoms with Crippen molar-refractivity contribution in [1.29, 1.82) is 0 Å². The minimum absolute atomic E-state index is 0.144. The van der Waals surface area contributed by atoms with Gasteiger partial charge in [0, 0.05) is 24.1 Å². The van der Waals surface area contributed by atoms with E-state index in [1.54, 1.807) is 11.8 Å². The van der Waals surface area contributed by atoms with Gasteiger partial charge in [0.25, 0.3) is 0 Å². The summed E-state index contributed by atoms with van der Waals surface area (Å²) in [6.07, 6.45) is 4.47. The number of carbonyl (C=O) groups is 1. The first-order chi connectivity index (χ1) is 6.20. The molecular formula is C9H18ClNOS. The topological polar surface area (TPSA) is 29.1 Å². The van der Waals surface area contributed by atoms with Crippen LogP contribution in [0.4, 0.5) is 0 Å². The van der Waals surface area contributed by atoms with Gasteiger partial charge in [-0.05, 0) is 19.1 Å². The van der Waals surface area contributed by atoms with Crippen LogP contribution >= 0.6 is 23.4 Å². The van der Waals surface area contributed by atoms with Gasteiger partial charge in [-0.1, -0.05) is 6.92 Å². The largest absolute Gasteiger partial charge is 0.355 e. The summed E-state index contributed by atoms with van der Waals surface area (Å²) in [6.45, 7) is 2.87. The molecule has 2 nitrogen and oxygen atoms in total. The van der Waals surface area contributed by atoms with Crippen LogP contribution in [0.5, 0.6) is 0 Å². The molecule has 0 aliphatic heterocycles. The Labute approximate surface area is 89.8 Å². The summed E-state index contributed by atoms with van der Waals surface area (Å²) >= 11 is 7.26. The number of alkyl halides is 1. The van der Waals surface area contributed by atoms with Gasteiger partial charge in [0.15, 0.2) is 0 Å². The average Bonchev–Trinajstić information content (AvgIpc) is 2.14. The summed E-state index contributed by atoms with van der Waals surface area (Å²) in [5.41, 5.74) is 0. The van der Waals surface area contributed by atoms with Gasteiger partial charge in [-0.3, -0.25) is 4.79 Å². The first kappa shape index (κ1) is 13.1. The highest BCUT2D eigenvalue weighted by Gasteiger charge is 2.03. The van der Waals surface area contributed by atoms with Crippen LogP contribution in [0.2, 0.25) is 0 Å². The molecule has 1 N–H and O–H groups in total. The Hall–Kier alpha value is 0.110. The maximum Gasteiger partial charge on any atom is 0.220 e. The van der Waals surface area contributed by atoms with Gasteiger partial charge in [-0.2, -0.15) is 11.8 Å². The van der Waals surface area contributed by atoms with E-state index in [0.717, 1.165) is 19.4 Å². The molecule has 0 aromatic heterocycles. The summed E-state index contributed by atoms with van der Waals surface area (Å²) in [5.74, 6) is 0.792. The Morgan fingerprint density at radius 2 is 2.23 bits per heavy atom. The Bertz CT molecular complexity index is 144. The standard InChI is InChI=1S/C9H18ClNOS/c1-8(13-2)7-11-9(12)5-3-4-6-10/h8H,3-7H2,1-2H3,(H,11,12). The van der Waals surface area contributed by atoms with Gasteiger partial charge in [-0.15, -0.1) is 11.6 Å². The smallest absolute Gasteiger partial charge is 0.220 e. The second-order valence-electron chi connectivity index (χ2n) is 3.00. The molecule has 13 heavy (non-hydrogen) atoms. The second-order valence-corrected chi connectivity index (χ2v) is 4.65. The van der Waals surface area contributed by atoms with E-state index in [4.69, 9.17) is 11.6 Å². The molecule has 0 aromatic rings. The predicted molar refractivity (Wildman–Crippen MR) is 60.6 cm³/mol. The normalized spacial score (nSPS) is 12.5. The molecule has 4 heteroatoms. The zero-order chi connectivity index (χ0) is 10.1. The molecule has 0 saturated carbocycles. The Kier molecular flexibility index (Phi) is 8.77. The van der Waals surface area contributed by atoms with Crippen LogP contribution in [0.25, 0.3) is 0 Å². The molecule has 1 amide bonds. The van der Waals surface area contributed by atoms with Crippen molar-refractivity contribution in [3.63, 3.8) is 0 Å². The summed E-state index contributed by atoms with van der Waals surface area (Å²) in [6, 6.07) is 0. The third kappa shape index (κ3) is 8.44. The van der Waals surface area contributed by atoms with Crippen molar-refractivity contribution >= 4 is 29.3 Å². The number of halogens is 1. The van der Waals surface area contributed by atoms with E-state index >= 15 is 0 Å². The van der Waals surface area contributed by atoms with Crippen molar-refractivity contribution in [2.24, 2.45) is 0 Å². The Morgan fingerprint density at radius 1 is 1.54 bits per heavy atom. The summed E-state index contributed by atoms with van der Waals surface area (Å²) in [5, 5.41) is 3.39. The van der Waals surface area contributed by atoms with Crippen molar-refractivity contribution in [2.75, 3.05) is 18.7 Å². The highest BCUT2D eigenvalue weighted by Crippen LogP contribution is 2.03. The van der Waals surface area contributed by atoms with Crippen LogP contribution in [0.15, 0.2) is 0 Å². The Morgan fingerprint density at radius 3 is 2.77 bits per heavy atom. The van der Waals surface area contributed by atoms with E-state index < -0.39 is 0 Å². The van der Waals surface area contributed by atoms with E-state index in [1.165, 1.54) is 0 Å². The van der Waals surface area contributed by atoms with E-state index in [-0.39, 0.29) is 5.91 Å². The zero-order valence-corrected chi connectivity index (χ0v) is 9.88. The Balaban J connectivity index is 3.30. The second kappa shape index (κ2) is 8.70. The van der Waals surface area contributed by atoms with Gasteiger partial charge < -0.3 is 5.32 Å². The number of hydrogen-bond acceptors (Lipinski definition) is 2. The molecule has 0 bridgehead atoms. The molecule has 1 unspecified atom stereocenters. The van der Waals surface area contributed by atoms with Crippen molar-refractivity contribution in [1.82, 2.24) is 5.32 Å². The molecule has 78 valence electrons. The minimum Gasteiger partial charge on any atom is -0.355 e. The van der Waals surface area contributed by atoms with Crippen LogP contribution < -0.4 is 5.32 Å². The fraction of sp³-hybridized carbons (Fsp3) is 0.889. The number of amides is 1. The molecule has 0 rings (SSSR count). The van der Waals surface area contributed by atoms with E-state index in [9.17, 15) is 4.79 Å². The van der Waals surface area contributed by atoms with Gasteiger partial charge in [-0.25, -0.2) is 0 Å². The lowest BCUT2D eigenvalue weighted by molar-refractivity contribution is -0.121. The summed E-state index contributed by atoms with van der Waals surface area (Å²) in [7, 11) is 0. The van der Waals surface area contributed by atoms with Crippen LogP contribution in [0.3, 0.4) is 0 Å². The fourth-order valence-electron chi connectivity index (χ4n) is 0.809. The van der Waals surface area contributed by atoms with Crippen LogP contribution in [0, 0.1) is 0 Å².